The van der Waals surface area contributed by atoms with Crippen LogP contribution in [0.1, 0.15) is 17.3 Å². The van der Waals surface area contributed by atoms with Crippen LogP contribution in [0.3, 0.4) is 0 Å². The summed E-state index contributed by atoms with van der Waals surface area (Å²) in [4.78, 5) is 15.7. The first-order valence-corrected chi connectivity index (χ1v) is 6.57. The molecule has 0 aliphatic rings. The first kappa shape index (κ1) is 13.2. The summed E-state index contributed by atoms with van der Waals surface area (Å²) in [5.41, 5.74) is 2.32. The maximum absolute atomic E-state index is 13.8. The lowest BCUT2D eigenvalue weighted by Crippen LogP contribution is -2.01. The number of anilines is 2. The molecule has 104 valence electrons. The summed E-state index contributed by atoms with van der Waals surface area (Å²) < 4.78 is 13.8. The van der Waals surface area contributed by atoms with Crippen molar-refractivity contribution in [3.8, 4) is 0 Å². The number of halogens is 1. The summed E-state index contributed by atoms with van der Waals surface area (Å²) in [6, 6.07) is 13.8. The van der Waals surface area contributed by atoms with Crippen LogP contribution in [0.4, 0.5) is 15.8 Å². The maximum atomic E-state index is 13.8. The Kier molecular flexibility index (Phi) is 3.36. The Morgan fingerprint density at radius 2 is 1.86 bits per heavy atom. The number of hydrogen-bond acceptors (Lipinski definition) is 3. The Morgan fingerprint density at radius 1 is 1.05 bits per heavy atom. The van der Waals surface area contributed by atoms with Gasteiger partial charge in [-0.15, -0.1) is 0 Å². The summed E-state index contributed by atoms with van der Waals surface area (Å²) in [6.45, 7) is 1.52. The van der Waals surface area contributed by atoms with E-state index in [4.69, 9.17) is 0 Å². The lowest BCUT2D eigenvalue weighted by Gasteiger charge is -2.12. The topological polar surface area (TPSA) is 42.0 Å². The number of para-hydroxylation sites is 2. The van der Waals surface area contributed by atoms with E-state index < -0.39 is 0 Å². The number of Topliss-reactive ketones (excluding diaryl/α,β-unsaturated/α-hetero) is 1. The summed E-state index contributed by atoms with van der Waals surface area (Å²) in [6.07, 6.45) is 1.55. The molecule has 0 saturated heterocycles. The van der Waals surface area contributed by atoms with Gasteiger partial charge in [-0.05, 0) is 31.2 Å². The second-order valence-corrected chi connectivity index (χ2v) is 4.72. The van der Waals surface area contributed by atoms with Gasteiger partial charge in [0.05, 0.1) is 0 Å². The average Bonchev–Trinajstić information content (AvgIpc) is 2.49. The molecule has 0 aliphatic heterocycles. The predicted molar refractivity (Wildman–Crippen MR) is 81.4 cm³/mol. The SMILES string of the molecule is CC(=O)c1ccccc1Nc1ccnc2c(F)cccc12. The first-order chi connectivity index (χ1) is 10.2. The van der Waals surface area contributed by atoms with Gasteiger partial charge in [0.1, 0.15) is 11.3 Å². The van der Waals surface area contributed by atoms with E-state index in [9.17, 15) is 9.18 Å². The molecular weight excluding hydrogens is 267 g/mol. The van der Waals surface area contributed by atoms with Gasteiger partial charge in [0.25, 0.3) is 0 Å². The van der Waals surface area contributed by atoms with Gasteiger partial charge < -0.3 is 5.32 Å². The molecule has 3 rings (SSSR count). The molecule has 3 aromatic rings. The van der Waals surface area contributed by atoms with Crippen molar-refractivity contribution in [3.05, 3.63) is 66.1 Å². The number of benzene rings is 2. The van der Waals surface area contributed by atoms with Crippen LogP contribution in [0.5, 0.6) is 0 Å². The van der Waals surface area contributed by atoms with Gasteiger partial charge in [0.15, 0.2) is 5.78 Å². The Labute approximate surface area is 121 Å². The molecule has 0 amide bonds. The maximum Gasteiger partial charge on any atom is 0.161 e. The molecular formula is C17H13FN2O. The van der Waals surface area contributed by atoms with Gasteiger partial charge in [0, 0.05) is 28.5 Å². The van der Waals surface area contributed by atoms with E-state index in [-0.39, 0.29) is 11.6 Å². The molecule has 2 aromatic carbocycles. The van der Waals surface area contributed by atoms with Crippen molar-refractivity contribution in [3.63, 3.8) is 0 Å². The predicted octanol–water partition coefficient (Wildman–Crippen LogP) is 4.32. The van der Waals surface area contributed by atoms with Crippen molar-refractivity contribution in [2.75, 3.05) is 5.32 Å². The fourth-order valence-corrected chi connectivity index (χ4v) is 2.29. The molecule has 3 nitrogen and oxygen atoms in total. The van der Waals surface area contributed by atoms with Gasteiger partial charge in [-0.1, -0.05) is 24.3 Å². The molecule has 4 heteroatoms. The zero-order valence-electron chi connectivity index (χ0n) is 11.4. The number of rotatable bonds is 3. The van der Waals surface area contributed by atoms with Crippen molar-refractivity contribution in [2.45, 2.75) is 6.92 Å². The standard InChI is InChI=1S/C17H13FN2O/c1-11(21)12-5-2-3-8-15(12)20-16-9-10-19-17-13(16)6-4-7-14(17)18/h2-10H,1H3,(H,19,20). The minimum atomic E-state index is -0.365. The van der Waals surface area contributed by atoms with Crippen molar-refractivity contribution < 1.29 is 9.18 Å². The average molecular weight is 280 g/mol. The summed E-state index contributed by atoms with van der Waals surface area (Å²) in [7, 11) is 0. The molecule has 0 spiro atoms. The summed E-state index contributed by atoms with van der Waals surface area (Å²) in [5, 5.41) is 3.87. The third-order valence-corrected chi connectivity index (χ3v) is 3.30. The van der Waals surface area contributed by atoms with Crippen LogP contribution < -0.4 is 5.32 Å². The van der Waals surface area contributed by atoms with E-state index in [0.29, 0.717) is 27.8 Å². The number of hydrogen-bond donors (Lipinski definition) is 1. The summed E-state index contributed by atoms with van der Waals surface area (Å²) >= 11 is 0. The monoisotopic (exact) mass is 280 g/mol. The molecule has 21 heavy (non-hydrogen) atoms. The van der Waals surface area contributed by atoms with E-state index in [2.05, 4.69) is 10.3 Å². The van der Waals surface area contributed by atoms with Crippen molar-refractivity contribution >= 4 is 28.1 Å². The van der Waals surface area contributed by atoms with E-state index in [0.717, 1.165) is 0 Å². The Hall–Kier alpha value is -2.75. The third kappa shape index (κ3) is 2.48. The quantitative estimate of drug-likeness (QED) is 0.726. The number of carbonyl (C=O) groups excluding carboxylic acids is 1. The molecule has 0 radical (unpaired) electrons. The lowest BCUT2D eigenvalue weighted by molar-refractivity contribution is 0.101. The Balaban J connectivity index is 2.11. The van der Waals surface area contributed by atoms with Crippen LogP contribution in [-0.4, -0.2) is 10.8 Å². The molecule has 0 bridgehead atoms. The van der Waals surface area contributed by atoms with Crippen LogP contribution in [0.25, 0.3) is 10.9 Å². The smallest absolute Gasteiger partial charge is 0.161 e. The molecule has 0 fully saturated rings. The Morgan fingerprint density at radius 3 is 2.67 bits per heavy atom. The van der Waals surface area contributed by atoms with E-state index in [1.807, 2.05) is 18.2 Å². The van der Waals surface area contributed by atoms with Gasteiger partial charge in [0.2, 0.25) is 0 Å². The van der Waals surface area contributed by atoms with Crippen molar-refractivity contribution in [1.29, 1.82) is 0 Å². The van der Waals surface area contributed by atoms with Crippen LogP contribution in [0.15, 0.2) is 54.7 Å². The molecule has 1 N–H and O–H groups in total. The number of ketones is 1. The third-order valence-electron chi connectivity index (χ3n) is 3.30. The highest BCUT2D eigenvalue weighted by atomic mass is 19.1. The summed E-state index contributed by atoms with van der Waals surface area (Å²) in [5.74, 6) is -0.390. The van der Waals surface area contributed by atoms with Gasteiger partial charge >= 0.3 is 0 Å². The zero-order valence-corrected chi connectivity index (χ0v) is 11.4. The number of nitrogens with one attached hydrogen (secondary N) is 1. The first-order valence-electron chi connectivity index (χ1n) is 6.57. The lowest BCUT2D eigenvalue weighted by atomic mass is 10.1. The van der Waals surface area contributed by atoms with Crippen LogP contribution in [-0.2, 0) is 0 Å². The Bertz CT molecular complexity index is 830. The second-order valence-electron chi connectivity index (χ2n) is 4.72. The van der Waals surface area contributed by atoms with Gasteiger partial charge in [-0.2, -0.15) is 0 Å². The van der Waals surface area contributed by atoms with Crippen molar-refractivity contribution in [1.82, 2.24) is 4.98 Å². The van der Waals surface area contributed by atoms with Gasteiger partial charge in [-0.3, -0.25) is 9.78 Å². The number of fused-ring (bicyclic) bond motifs is 1. The largest absolute Gasteiger partial charge is 0.354 e. The van der Waals surface area contributed by atoms with Crippen LogP contribution in [0, 0.1) is 5.82 Å². The van der Waals surface area contributed by atoms with Crippen LogP contribution in [0.2, 0.25) is 0 Å². The van der Waals surface area contributed by atoms with Crippen molar-refractivity contribution in [2.24, 2.45) is 0 Å². The highest BCUT2D eigenvalue weighted by molar-refractivity contribution is 6.02. The molecule has 1 aromatic heterocycles. The molecule has 1 heterocycles. The van der Waals surface area contributed by atoms with Gasteiger partial charge in [-0.25, -0.2) is 4.39 Å². The molecule has 0 aliphatic carbocycles. The molecule has 0 saturated carbocycles. The zero-order chi connectivity index (χ0) is 14.8. The van der Waals surface area contributed by atoms with E-state index >= 15 is 0 Å². The molecule has 0 atom stereocenters. The van der Waals surface area contributed by atoms with E-state index in [1.54, 1.807) is 30.5 Å². The van der Waals surface area contributed by atoms with E-state index in [1.165, 1.54) is 13.0 Å². The van der Waals surface area contributed by atoms with Crippen LogP contribution >= 0.6 is 0 Å². The minimum absolute atomic E-state index is 0.0253. The minimum Gasteiger partial charge on any atom is -0.354 e. The number of pyridine rings is 1. The second kappa shape index (κ2) is 5.32. The normalized spacial score (nSPS) is 10.6. The number of carbonyl (C=O) groups is 1. The highest BCUT2D eigenvalue weighted by Crippen LogP contribution is 2.28. The fraction of sp³-hybridized carbons (Fsp3) is 0.0588. The molecule has 0 unspecified atom stereocenters. The highest BCUT2D eigenvalue weighted by Gasteiger charge is 2.09. The number of aromatic nitrogens is 1. The fourth-order valence-electron chi connectivity index (χ4n) is 2.29. The number of nitrogens with zero attached hydrogens (tertiary/aromatic N) is 1.